The summed E-state index contributed by atoms with van der Waals surface area (Å²) in [5.74, 6) is 1.28. The Morgan fingerprint density at radius 1 is 1.32 bits per heavy atom. The molecule has 1 saturated carbocycles. The van der Waals surface area contributed by atoms with Crippen molar-refractivity contribution < 1.29 is 17.6 Å². The highest BCUT2D eigenvalue weighted by molar-refractivity contribution is 7.99. The molecule has 1 aliphatic rings. The molecule has 1 heterocycles. The van der Waals surface area contributed by atoms with Crippen molar-refractivity contribution in [1.29, 1.82) is 0 Å². The maximum atomic E-state index is 12.3. The molecule has 154 valence electrons. The normalized spacial score (nSPS) is 23.2. The molecule has 28 heavy (non-hydrogen) atoms. The Labute approximate surface area is 170 Å². The molecule has 1 fully saturated rings. The van der Waals surface area contributed by atoms with Crippen LogP contribution in [0.3, 0.4) is 0 Å². The maximum absolute atomic E-state index is 12.3. The van der Waals surface area contributed by atoms with E-state index in [2.05, 4.69) is 24.1 Å². The Hall–Kier alpha value is -1.58. The number of sulfonamides is 1. The van der Waals surface area contributed by atoms with Gasteiger partial charge in [-0.3, -0.25) is 4.79 Å². The van der Waals surface area contributed by atoms with E-state index in [9.17, 15) is 13.2 Å². The number of fused-ring (bicyclic) bond motifs is 1. The first-order valence-corrected chi connectivity index (χ1v) is 11.9. The van der Waals surface area contributed by atoms with Gasteiger partial charge in [0.25, 0.3) is 5.22 Å². The SMILES string of the molecule is C[C@H]1[C@@H](NC(=O)CSc2nc3cc(S(=O)(=O)N(C)C)ccc3o2)CCC[C@@H]1C. The molecule has 1 aromatic carbocycles. The van der Waals surface area contributed by atoms with Gasteiger partial charge in [-0.1, -0.05) is 38.5 Å². The van der Waals surface area contributed by atoms with Crippen molar-refractivity contribution in [2.45, 2.75) is 49.3 Å². The number of carbonyl (C=O) groups excluding carboxylic acids is 1. The third-order valence-corrected chi connectivity index (χ3v) is 8.14. The minimum absolute atomic E-state index is 0.0333. The summed E-state index contributed by atoms with van der Waals surface area (Å²) in [4.78, 5) is 16.8. The highest BCUT2D eigenvalue weighted by Crippen LogP contribution is 2.30. The van der Waals surface area contributed by atoms with Crippen LogP contribution in [0, 0.1) is 11.8 Å². The number of nitrogens with one attached hydrogen (secondary N) is 1. The first kappa shape index (κ1) is 21.1. The van der Waals surface area contributed by atoms with Crippen LogP contribution in [0.2, 0.25) is 0 Å². The van der Waals surface area contributed by atoms with Gasteiger partial charge >= 0.3 is 0 Å². The van der Waals surface area contributed by atoms with Crippen molar-refractivity contribution in [2.24, 2.45) is 11.8 Å². The van der Waals surface area contributed by atoms with E-state index in [-0.39, 0.29) is 22.6 Å². The number of oxazole rings is 1. The van der Waals surface area contributed by atoms with Crippen LogP contribution in [0.4, 0.5) is 0 Å². The Kier molecular flexibility index (Phi) is 6.36. The lowest BCUT2D eigenvalue weighted by Crippen LogP contribution is -2.44. The van der Waals surface area contributed by atoms with Crippen LogP contribution in [0.25, 0.3) is 11.1 Å². The summed E-state index contributed by atoms with van der Waals surface area (Å²) in [7, 11) is -0.566. The van der Waals surface area contributed by atoms with Gasteiger partial charge in [0.05, 0.1) is 10.6 Å². The predicted octanol–water partition coefficient (Wildman–Crippen LogP) is 3.11. The number of amides is 1. The molecule has 0 aliphatic heterocycles. The van der Waals surface area contributed by atoms with Crippen molar-refractivity contribution in [1.82, 2.24) is 14.6 Å². The monoisotopic (exact) mass is 425 g/mol. The summed E-state index contributed by atoms with van der Waals surface area (Å²) in [6, 6.07) is 4.80. The number of hydrogen-bond acceptors (Lipinski definition) is 6. The summed E-state index contributed by atoms with van der Waals surface area (Å²) in [6.45, 7) is 4.43. The fourth-order valence-electron chi connectivity index (χ4n) is 3.48. The van der Waals surface area contributed by atoms with Crippen molar-refractivity contribution >= 4 is 38.8 Å². The topological polar surface area (TPSA) is 92.5 Å². The number of benzene rings is 1. The standard InChI is InChI=1S/C19H27N3O4S2/c1-12-6-5-7-15(13(12)2)20-18(23)11-27-19-21-16-10-14(8-9-17(16)26-19)28(24,25)22(3)4/h8-10,12-13,15H,5-7,11H2,1-4H3,(H,20,23)/t12-,13+,15-/m0/s1. The van der Waals surface area contributed by atoms with E-state index in [1.165, 1.54) is 44.4 Å². The number of hydrogen-bond donors (Lipinski definition) is 1. The molecule has 0 spiro atoms. The molecule has 1 aromatic heterocycles. The summed E-state index contributed by atoms with van der Waals surface area (Å²) < 4.78 is 31.3. The van der Waals surface area contributed by atoms with Gasteiger partial charge in [0.15, 0.2) is 5.58 Å². The van der Waals surface area contributed by atoms with Crippen LogP contribution < -0.4 is 5.32 Å². The summed E-state index contributed by atoms with van der Waals surface area (Å²) in [6.07, 6.45) is 3.39. The minimum Gasteiger partial charge on any atom is -0.431 e. The van der Waals surface area contributed by atoms with Gasteiger partial charge in [-0.15, -0.1) is 0 Å². The van der Waals surface area contributed by atoms with Gasteiger partial charge in [-0.2, -0.15) is 0 Å². The largest absolute Gasteiger partial charge is 0.431 e. The fourth-order valence-corrected chi connectivity index (χ4v) is 5.05. The molecule has 0 unspecified atom stereocenters. The molecular formula is C19H27N3O4S2. The number of rotatable bonds is 6. The second-order valence-corrected chi connectivity index (χ2v) is 10.7. The van der Waals surface area contributed by atoms with Gasteiger partial charge in [0.2, 0.25) is 15.9 Å². The Bertz CT molecular complexity index is 955. The molecular weight excluding hydrogens is 398 g/mol. The number of aromatic nitrogens is 1. The van der Waals surface area contributed by atoms with E-state index in [1.807, 2.05) is 0 Å². The van der Waals surface area contributed by atoms with Crippen LogP contribution >= 0.6 is 11.8 Å². The fraction of sp³-hybridized carbons (Fsp3) is 0.579. The van der Waals surface area contributed by atoms with Crippen LogP contribution in [0.5, 0.6) is 0 Å². The zero-order chi connectivity index (χ0) is 20.5. The number of carbonyl (C=O) groups is 1. The number of thioether (sulfide) groups is 1. The van der Waals surface area contributed by atoms with E-state index < -0.39 is 10.0 Å². The van der Waals surface area contributed by atoms with Gasteiger partial charge < -0.3 is 9.73 Å². The average Bonchev–Trinajstić information content (AvgIpc) is 3.06. The third kappa shape index (κ3) is 4.52. The van der Waals surface area contributed by atoms with E-state index in [0.29, 0.717) is 28.2 Å². The van der Waals surface area contributed by atoms with E-state index in [4.69, 9.17) is 4.42 Å². The molecule has 7 nitrogen and oxygen atoms in total. The Morgan fingerprint density at radius 2 is 2.07 bits per heavy atom. The summed E-state index contributed by atoms with van der Waals surface area (Å²) in [5, 5.41) is 3.49. The quantitative estimate of drug-likeness (QED) is 0.715. The van der Waals surface area contributed by atoms with Crippen molar-refractivity contribution in [3.8, 4) is 0 Å². The highest BCUT2D eigenvalue weighted by Gasteiger charge is 2.28. The van der Waals surface area contributed by atoms with Crippen molar-refractivity contribution in [2.75, 3.05) is 19.8 Å². The van der Waals surface area contributed by atoms with E-state index in [1.54, 1.807) is 6.07 Å². The molecule has 2 aromatic rings. The van der Waals surface area contributed by atoms with Crippen LogP contribution in [-0.4, -0.2) is 49.5 Å². The van der Waals surface area contributed by atoms with E-state index in [0.717, 1.165) is 17.1 Å². The molecule has 3 atom stereocenters. The van der Waals surface area contributed by atoms with Gasteiger partial charge in [0.1, 0.15) is 5.52 Å². The van der Waals surface area contributed by atoms with Crippen LogP contribution in [0.1, 0.15) is 33.1 Å². The first-order valence-electron chi connectivity index (χ1n) is 9.43. The molecule has 9 heteroatoms. The second-order valence-electron chi connectivity index (χ2n) is 7.63. The second kappa shape index (κ2) is 8.42. The highest BCUT2D eigenvalue weighted by atomic mass is 32.2. The van der Waals surface area contributed by atoms with Gasteiger partial charge in [-0.25, -0.2) is 17.7 Å². The minimum atomic E-state index is -3.53. The van der Waals surface area contributed by atoms with Crippen molar-refractivity contribution in [3.63, 3.8) is 0 Å². The lowest BCUT2D eigenvalue weighted by Gasteiger charge is -2.34. The molecule has 0 bridgehead atoms. The summed E-state index contributed by atoms with van der Waals surface area (Å²) >= 11 is 1.21. The molecule has 0 radical (unpaired) electrons. The number of nitrogens with zero attached hydrogens (tertiary/aromatic N) is 2. The Morgan fingerprint density at radius 3 is 2.79 bits per heavy atom. The van der Waals surface area contributed by atoms with Gasteiger partial charge in [0, 0.05) is 20.1 Å². The van der Waals surface area contributed by atoms with Crippen LogP contribution in [0.15, 0.2) is 32.7 Å². The molecule has 1 aliphatic carbocycles. The average molecular weight is 426 g/mol. The first-order chi connectivity index (χ1) is 13.2. The summed E-state index contributed by atoms with van der Waals surface area (Å²) in [5.41, 5.74) is 0.955. The Balaban J connectivity index is 1.64. The van der Waals surface area contributed by atoms with E-state index >= 15 is 0 Å². The molecule has 1 N–H and O–H groups in total. The lowest BCUT2D eigenvalue weighted by molar-refractivity contribution is -0.120. The van der Waals surface area contributed by atoms with Gasteiger partial charge in [-0.05, 0) is 36.5 Å². The molecule has 1 amide bonds. The maximum Gasteiger partial charge on any atom is 0.257 e. The zero-order valence-electron chi connectivity index (χ0n) is 16.6. The van der Waals surface area contributed by atoms with Crippen molar-refractivity contribution in [3.05, 3.63) is 18.2 Å². The molecule has 3 rings (SSSR count). The third-order valence-electron chi connectivity index (χ3n) is 5.50. The smallest absolute Gasteiger partial charge is 0.257 e. The predicted molar refractivity (Wildman–Crippen MR) is 110 cm³/mol. The lowest BCUT2D eigenvalue weighted by atomic mass is 9.78. The molecule has 0 saturated heterocycles. The van der Waals surface area contributed by atoms with Crippen LogP contribution in [-0.2, 0) is 14.8 Å². The zero-order valence-corrected chi connectivity index (χ0v) is 18.3.